The third-order valence-electron chi connectivity index (χ3n) is 2.89. The average molecular weight is 278 g/mol. The Balaban J connectivity index is 2.29. The zero-order chi connectivity index (χ0) is 14.8. The van der Waals surface area contributed by atoms with Crippen LogP contribution in [0, 0.1) is 0 Å². The molecular weight excluding hydrogens is 252 g/mol. The van der Waals surface area contributed by atoms with E-state index in [2.05, 4.69) is 17.1 Å². The van der Waals surface area contributed by atoms with Crippen molar-refractivity contribution in [2.24, 2.45) is 0 Å². The molecule has 0 aliphatic rings. The molecule has 0 saturated carbocycles. The zero-order valence-corrected chi connectivity index (χ0v) is 12.8. The number of nitrogens with zero attached hydrogens (tertiary/aromatic N) is 1. The van der Waals surface area contributed by atoms with Crippen LogP contribution < -0.4 is 10.1 Å². The molecule has 0 bridgehead atoms. The van der Waals surface area contributed by atoms with Crippen LogP contribution in [0.3, 0.4) is 0 Å². The molecule has 1 N–H and O–H groups in total. The molecule has 0 fully saturated rings. The van der Waals surface area contributed by atoms with Gasteiger partial charge in [0.15, 0.2) is 5.78 Å². The van der Waals surface area contributed by atoms with E-state index in [1.54, 1.807) is 0 Å². The van der Waals surface area contributed by atoms with Gasteiger partial charge in [-0.3, -0.25) is 4.79 Å². The first kappa shape index (κ1) is 16.7. The molecule has 4 heteroatoms. The van der Waals surface area contributed by atoms with E-state index < -0.39 is 0 Å². The first-order valence-corrected chi connectivity index (χ1v) is 7.25. The summed E-state index contributed by atoms with van der Waals surface area (Å²) in [5, 5.41) is 3.18. The van der Waals surface area contributed by atoms with Gasteiger partial charge in [-0.05, 0) is 64.3 Å². The minimum atomic E-state index is 0.122. The van der Waals surface area contributed by atoms with Gasteiger partial charge >= 0.3 is 0 Å². The van der Waals surface area contributed by atoms with E-state index in [9.17, 15) is 4.79 Å². The number of ether oxygens (including phenoxy) is 1. The molecule has 0 atom stereocenters. The highest BCUT2D eigenvalue weighted by atomic mass is 16.5. The highest BCUT2D eigenvalue weighted by Crippen LogP contribution is 2.12. The number of nitrogens with one attached hydrogen (secondary N) is 1. The summed E-state index contributed by atoms with van der Waals surface area (Å²) in [5.41, 5.74) is 0.731. The summed E-state index contributed by atoms with van der Waals surface area (Å²) in [7, 11) is 4.10. The molecule has 20 heavy (non-hydrogen) atoms. The van der Waals surface area contributed by atoms with Gasteiger partial charge in [0.1, 0.15) is 5.75 Å². The van der Waals surface area contributed by atoms with Crippen molar-refractivity contribution >= 4 is 5.78 Å². The quantitative estimate of drug-likeness (QED) is 0.526. The molecule has 1 rings (SSSR count). The summed E-state index contributed by atoms with van der Waals surface area (Å²) in [6.07, 6.45) is 2.03. The molecule has 112 valence electrons. The van der Waals surface area contributed by atoms with Crippen molar-refractivity contribution < 1.29 is 9.53 Å². The largest absolute Gasteiger partial charge is 0.494 e. The second-order valence-electron chi connectivity index (χ2n) is 5.13. The van der Waals surface area contributed by atoms with Crippen LogP contribution in [0.2, 0.25) is 0 Å². The maximum Gasteiger partial charge on any atom is 0.176 e. The summed E-state index contributed by atoms with van der Waals surface area (Å²) in [5.74, 6) is 0.944. The summed E-state index contributed by atoms with van der Waals surface area (Å²) >= 11 is 0. The molecule has 0 radical (unpaired) electrons. The second-order valence-corrected chi connectivity index (χ2v) is 5.13. The van der Waals surface area contributed by atoms with Gasteiger partial charge in [0.2, 0.25) is 0 Å². The molecule has 1 aromatic rings. The van der Waals surface area contributed by atoms with Crippen molar-refractivity contribution in [3.8, 4) is 5.75 Å². The van der Waals surface area contributed by atoms with Crippen LogP contribution in [0.25, 0.3) is 0 Å². The van der Waals surface area contributed by atoms with E-state index in [4.69, 9.17) is 4.74 Å². The number of carbonyl (C=O) groups is 1. The third kappa shape index (κ3) is 6.68. The van der Waals surface area contributed by atoms with Gasteiger partial charge in [0.25, 0.3) is 0 Å². The molecule has 0 aliphatic carbocycles. The van der Waals surface area contributed by atoms with Crippen molar-refractivity contribution in [1.82, 2.24) is 10.2 Å². The van der Waals surface area contributed by atoms with Crippen LogP contribution in [0.1, 0.15) is 30.1 Å². The number of hydrogen-bond donors (Lipinski definition) is 1. The summed E-state index contributed by atoms with van der Waals surface area (Å²) in [6.45, 7) is 5.06. The van der Waals surface area contributed by atoms with E-state index in [1.807, 2.05) is 38.4 Å². The van der Waals surface area contributed by atoms with Crippen LogP contribution in [0.5, 0.6) is 5.75 Å². The number of hydrogen-bond acceptors (Lipinski definition) is 4. The normalized spacial score (nSPS) is 10.8. The lowest BCUT2D eigenvalue weighted by Crippen LogP contribution is -2.26. The molecule has 4 nitrogen and oxygen atoms in total. The van der Waals surface area contributed by atoms with E-state index >= 15 is 0 Å². The van der Waals surface area contributed by atoms with Crippen molar-refractivity contribution in [3.05, 3.63) is 29.8 Å². The molecule has 0 saturated heterocycles. The fourth-order valence-corrected chi connectivity index (χ4v) is 1.78. The summed E-state index contributed by atoms with van der Waals surface area (Å²) in [4.78, 5) is 14.1. The predicted octanol–water partition coefficient (Wildman–Crippen LogP) is 2.20. The summed E-state index contributed by atoms with van der Waals surface area (Å²) < 4.78 is 5.49. The molecule has 0 aromatic heterocycles. The number of ketones is 1. The van der Waals surface area contributed by atoms with Crippen LogP contribution in [-0.4, -0.2) is 51.0 Å². The Kier molecular flexibility index (Phi) is 7.92. The van der Waals surface area contributed by atoms with Crippen LogP contribution in [0.4, 0.5) is 0 Å². The third-order valence-corrected chi connectivity index (χ3v) is 2.89. The maximum atomic E-state index is 12.0. The molecule has 0 heterocycles. The molecule has 0 spiro atoms. The Labute approximate surface area is 122 Å². The smallest absolute Gasteiger partial charge is 0.176 e. The predicted molar refractivity (Wildman–Crippen MR) is 82.6 cm³/mol. The Hall–Kier alpha value is -1.39. The van der Waals surface area contributed by atoms with Gasteiger partial charge in [-0.1, -0.05) is 6.92 Å². The van der Waals surface area contributed by atoms with Crippen LogP contribution >= 0.6 is 0 Å². The molecule has 1 aromatic carbocycles. The lowest BCUT2D eigenvalue weighted by atomic mass is 10.1. The monoisotopic (exact) mass is 278 g/mol. The minimum absolute atomic E-state index is 0.122. The minimum Gasteiger partial charge on any atom is -0.494 e. The lowest BCUT2D eigenvalue weighted by Gasteiger charge is -2.09. The first-order chi connectivity index (χ1) is 9.63. The molecule has 0 amide bonds. The Morgan fingerprint density at radius 2 is 1.95 bits per heavy atom. The highest BCUT2D eigenvalue weighted by Gasteiger charge is 2.05. The van der Waals surface area contributed by atoms with Gasteiger partial charge in [0.05, 0.1) is 13.2 Å². The van der Waals surface area contributed by atoms with E-state index in [1.165, 1.54) is 0 Å². The van der Waals surface area contributed by atoms with Gasteiger partial charge in [-0.2, -0.15) is 0 Å². The van der Waals surface area contributed by atoms with Crippen molar-refractivity contribution in [3.63, 3.8) is 0 Å². The Morgan fingerprint density at radius 1 is 1.25 bits per heavy atom. The lowest BCUT2D eigenvalue weighted by molar-refractivity contribution is 0.0991. The summed E-state index contributed by atoms with van der Waals surface area (Å²) in [6, 6.07) is 7.37. The van der Waals surface area contributed by atoms with E-state index in [-0.39, 0.29) is 5.78 Å². The highest BCUT2D eigenvalue weighted by molar-refractivity contribution is 5.97. The molecular formula is C16H26N2O2. The first-order valence-electron chi connectivity index (χ1n) is 7.25. The maximum absolute atomic E-state index is 12.0. The van der Waals surface area contributed by atoms with Crippen LogP contribution in [-0.2, 0) is 0 Å². The van der Waals surface area contributed by atoms with Crippen molar-refractivity contribution in [2.75, 3.05) is 40.3 Å². The topological polar surface area (TPSA) is 41.6 Å². The average Bonchev–Trinajstić information content (AvgIpc) is 2.44. The van der Waals surface area contributed by atoms with Gasteiger partial charge in [-0.25, -0.2) is 0 Å². The standard InChI is InChI=1S/C16H26N2O2/c1-4-12-20-15-8-6-14(7-9-15)16(19)13-17-10-5-11-18(2)3/h6-9,17H,4-5,10-13H2,1-3H3. The van der Waals surface area contributed by atoms with Crippen molar-refractivity contribution in [2.45, 2.75) is 19.8 Å². The molecule has 0 unspecified atom stereocenters. The number of carbonyl (C=O) groups excluding carboxylic acids is 1. The number of Topliss-reactive ketones (excluding diaryl/α,β-unsaturated/α-hetero) is 1. The van der Waals surface area contributed by atoms with Crippen LogP contribution in [0.15, 0.2) is 24.3 Å². The SMILES string of the molecule is CCCOc1ccc(C(=O)CNCCCN(C)C)cc1. The fourth-order valence-electron chi connectivity index (χ4n) is 1.78. The Morgan fingerprint density at radius 3 is 2.55 bits per heavy atom. The van der Waals surface area contributed by atoms with Crippen molar-refractivity contribution in [1.29, 1.82) is 0 Å². The van der Waals surface area contributed by atoms with Gasteiger partial charge in [0, 0.05) is 5.56 Å². The fraction of sp³-hybridized carbons (Fsp3) is 0.562. The van der Waals surface area contributed by atoms with Gasteiger partial charge < -0.3 is 15.0 Å². The van der Waals surface area contributed by atoms with E-state index in [0.717, 1.165) is 37.2 Å². The number of benzene rings is 1. The van der Waals surface area contributed by atoms with E-state index in [0.29, 0.717) is 13.2 Å². The van der Waals surface area contributed by atoms with Gasteiger partial charge in [-0.15, -0.1) is 0 Å². The molecule has 0 aliphatic heterocycles. The Bertz CT molecular complexity index is 388. The number of rotatable bonds is 10. The zero-order valence-electron chi connectivity index (χ0n) is 12.8. The second kappa shape index (κ2) is 9.50.